The van der Waals surface area contributed by atoms with E-state index < -0.39 is 11.5 Å². The molecule has 1 aliphatic heterocycles. The molecule has 0 aromatic rings. The quantitative estimate of drug-likeness (QED) is 0.734. The van der Waals surface area contributed by atoms with Crippen LogP contribution in [0.25, 0.3) is 0 Å². The van der Waals surface area contributed by atoms with Crippen LogP contribution in [-0.2, 0) is 14.4 Å². The Morgan fingerprint density at radius 1 is 1.29 bits per heavy atom. The van der Waals surface area contributed by atoms with Gasteiger partial charge < -0.3 is 5.11 Å². The highest BCUT2D eigenvalue weighted by molar-refractivity contribution is 6.06. The minimum atomic E-state index is -1.29. The molecule has 5 heteroatoms. The maximum atomic E-state index is 11.8. The van der Waals surface area contributed by atoms with Crippen molar-refractivity contribution in [2.75, 3.05) is 0 Å². The van der Waals surface area contributed by atoms with Gasteiger partial charge in [0.15, 0.2) is 0 Å². The molecule has 5 nitrogen and oxygen atoms in total. The average Bonchev–Trinajstić information content (AvgIpc) is 2.60. The molecule has 0 aromatic carbocycles. The van der Waals surface area contributed by atoms with Crippen molar-refractivity contribution in [3.05, 3.63) is 0 Å². The summed E-state index contributed by atoms with van der Waals surface area (Å²) in [7, 11) is 0. The van der Waals surface area contributed by atoms with Crippen molar-refractivity contribution >= 4 is 17.8 Å². The first-order valence-corrected chi connectivity index (χ1v) is 6.09. The number of carboxylic acid groups (broad SMARTS) is 1. The van der Waals surface area contributed by atoms with Crippen molar-refractivity contribution in [2.24, 2.45) is 5.92 Å². The molecule has 1 aliphatic carbocycles. The van der Waals surface area contributed by atoms with Crippen LogP contribution in [0, 0.1) is 5.92 Å². The SMILES string of the molecule is CC1CCCCC1(C(=O)O)N1C(=O)CCC1=O. The summed E-state index contributed by atoms with van der Waals surface area (Å²) in [5, 5.41) is 9.51. The molecule has 2 atom stereocenters. The highest BCUT2D eigenvalue weighted by Gasteiger charge is 2.55. The van der Waals surface area contributed by atoms with Gasteiger partial charge in [0.1, 0.15) is 5.54 Å². The van der Waals surface area contributed by atoms with Gasteiger partial charge in [-0.3, -0.25) is 14.5 Å². The summed E-state index contributed by atoms with van der Waals surface area (Å²) in [6.45, 7) is 1.83. The molecule has 1 N–H and O–H groups in total. The Bertz CT molecular complexity index is 363. The van der Waals surface area contributed by atoms with E-state index in [1.807, 2.05) is 6.92 Å². The van der Waals surface area contributed by atoms with Gasteiger partial charge in [-0.1, -0.05) is 19.8 Å². The standard InChI is InChI=1S/C12H17NO4/c1-8-4-2-3-7-12(8,11(16)17)13-9(14)5-6-10(13)15/h8H,2-7H2,1H3,(H,16,17). The van der Waals surface area contributed by atoms with E-state index in [0.717, 1.165) is 24.2 Å². The molecule has 0 spiro atoms. The summed E-state index contributed by atoms with van der Waals surface area (Å²) in [6, 6.07) is 0. The van der Waals surface area contributed by atoms with Crippen molar-refractivity contribution in [1.82, 2.24) is 4.90 Å². The molecule has 1 heterocycles. The molecule has 17 heavy (non-hydrogen) atoms. The van der Waals surface area contributed by atoms with Gasteiger partial charge in [-0.15, -0.1) is 0 Å². The third kappa shape index (κ3) is 1.64. The number of aliphatic carboxylic acids is 1. The van der Waals surface area contributed by atoms with Crippen LogP contribution in [-0.4, -0.2) is 33.3 Å². The number of imide groups is 1. The van der Waals surface area contributed by atoms with Gasteiger partial charge in [0.25, 0.3) is 0 Å². The Morgan fingerprint density at radius 3 is 2.35 bits per heavy atom. The molecular formula is C12H17NO4. The van der Waals surface area contributed by atoms with Gasteiger partial charge >= 0.3 is 5.97 Å². The van der Waals surface area contributed by atoms with Gasteiger partial charge in [0.2, 0.25) is 11.8 Å². The molecule has 0 aromatic heterocycles. The van der Waals surface area contributed by atoms with Crippen LogP contribution in [0.3, 0.4) is 0 Å². The van der Waals surface area contributed by atoms with E-state index in [4.69, 9.17) is 0 Å². The first-order chi connectivity index (χ1) is 8.00. The van der Waals surface area contributed by atoms with E-state index in [1.54, 1.807) is 0 Å². The number of carbonyl (C=O) groups excluding carboxylic acids is 2. The van der Waals surface area contributed by atoms with E-state index in [2.05, 4.69) is 0 Å². The summed E-state index contributed by atoms with van der Waals surface area (Å²) in [5.74, 6) is -1.86. The fourth-order valence-corrected chi connectivity index (χ4v) is 3.10. The van der Waals surface area contributed by atoms with E-state index in [-0.39, 0.29) is 30.6 Å². The van der Waals surface area contributed by atoms with Crippen LogP contribution in [0.15, 0.2) is 0 Å². The van der Waals surface area contributed by atoms with Crippen molar-refractivity contribution < 1.29 is 19.5 Å². The maximum absolute atomic E-state index is 11.8. The number of rotatable bonds is 2. The highest BCUT2D eigenvalue weighted by atomic mass is 16.4. The fraction of sp³-hybridized carbons (Fsp3) is 0.750. The molecule has 2 aliphatic rings. The Balaban J connectivity index is 2.43. The zero-order chi connectivity index (χ0) is 12.6. The second-order valence-electron chi connectivity index (χ2n) is 5.00. The Labute approximate surface area is 99.8 Å². The third-order valence-corrected chi connectivity index (χ3v) is 4.08. The smallest absolute Gasteiger partial charge is 0.330 e. The summed E-state index contributed by atoms with van der Waals surface area (Å²) >= 11 is 0. The minimum absolute atomic E-state index is 0.153. The van der Waals surface area contributed by atoms with Gasteiger partial charge in [-0.25, -0.2) is 4.79 Å². The summed E-state index contributed by atoms with van der Waals surface area (Å²) < 4.78 is 0. The topological polar surface area (TPSA) is 74.7 Å². The predicted octanol–water partition coefficient (Wildman–Crippen LogP) is 1.17. The monoisotopic (exact) mass is 239 g/mol. The van der Waals surface area contributed by atoms with Gasteiger partial charge in [0.05, 0.1) is 0 Å². The van der Waals surface area contributed by atoms with Crippen LogP contribution in [0.1, 0.15) is 45.4 Å². The maximum Gasteiger partial charge on any atom is 0.330 e. The lowest BCUT2D eigenvalue weighted by Crippen LogP contribution is -2.61. The normalized spacial score (nSPS) is 34.2. The van der Waals surface area contributed by atoms with Crippen molar-refractivity contribution in [3.63, 3.8) is 0 Å². The first kappa shape index (κ1) is 12.1. The van der Waals surface area contributed by atoms with Crippen LogP contribution >= 0.6 is 0 Å². The number of hydrogen-bond donors (Lipinski definition) is 1. The minimum Gasteiger partial charge on any atom is -0.479 e. The molecular weight excluding hydrogens is 222 g/mol. The second-order valence-corrected chi connectivity index (χ2v) is 5.00. The first-order valence-electron chi connectivity index (χ1n) is 6.09. The number of carbonyl (C=O) groups is 3. The van der Waals surface area contributed by atoms with Crippen LogP contribution in [0.4, 0.5) is 0 Å². The third-order valence-electron chi connectivity index (χ3n) is 4.08. The number of carboxylic acids is 1. The lowest BCUT2D eigenvalue weighted by molar-refractivity contribution is -0.169. The number of amides is 2. The van der Waals surface area contributed by atoms with Gasteiger partial charge in [0, 0.05) is 12.8 Å². The summed E-state index contributed by atoms with van der Waals surface area (Å²) in [4.78, 5) is 36.2. The molecule has 2 rings (SSSR count). The average molecular weight is 239 g/mol. The Hall–Kier alpha value is -1.39. The van der Waals surface area contributed by atoms with E-state index in [0.29, 0.717) is 6.42 Å². The zero-order valence-corrected chi connectivity index (χ0v) is 9.94. The molecule has 2 amide bonds. The largest absolute Gasteiger partial charge is 0.479 e. The van der Waals surface area contributed by atoms with Crippen LogP contribution in [0.2, 0.25) is 0 Å². The Kier molecular flexibility index (Phi) is 2.93. The highest BCUT2D eigenvalue weighted by Crippen LogP contribution is 2.41. The number of nitrogens with zero attached hydrogens (tertiary/aromatic N) is 1. The van der Waals surface area contributed by atoms with Crippen molar-refractivity contribution in [2.45, 2.75) is 51.0 Å². The summed E-state index contributed by atoms with van der Waals surface area (Å²) in [6.07, 6.45) is 3.17. The van der Waals surface area contributed by atoms with E-state index >= 15 is 0 Å². The van der Waals surface area contributed by atoms with Crippen molar-refractivity contribution in [3.8, 4) is 0 Å². The second kappa shape index (κ2) is 4.13. The number of likely N-dealkylation sites (tertiary alicyclic amines) is 1. The molecule has 1 saturated carbocycles. The van der Waals surface area contributed by atoms with Gasteiger partial charge in [-0.05, 0) is 18.8 Å². The molecule has 2 unspecified atom stereocenters. The molecule has 0 radical (unpaired) electrons. The van der Waals surface area contributed by atoms with Crippen LogP contribution < -0.4 is 0 Å². The predicted molar refractivity (Wildman–Crippen MR) is 59.1 cm³/mol. The summed E-state index contributed by atoms with van der Waals surface area (Å²) in [5.41, 5.74) is -1.29. The Morgan fingerprint density at radius 2 is 1.88 bits per heavy atom. The molecule has 1 saturated heterocycles. The fourth-order valence-electron chi connectivity index (χ4n) is 3.10. The van der Waals surface area contributed by atoms with Crippen molar-refractivity contribution in [1.29, 1.82) is 0 Å². The molecule has 0 bridgehead atoms. The molecule has 94 valence electrons. The van der Waals surface area contributed by atoms with Crippen LogP contribution in [0.5, 0.6) is 0 Å². The lowest BCUT2D eigenvalue weighted by Gasteiger charge is -2.44. The van der Waals surface area contributed by atoms with Gasteiger partial charge in [-0.2, -0.15) is 0 Å². The zero-order valence-electron chi connectivity index (χ0n) is 9.94. The number of hydrogen-bond acceptors (Lipinski definition) is 3. The van der Waals surface area contributed by atoms with E-state index in [9.17, 15) is 19.5 Å². The molecule has 2 fully saturated rings. The lowest BCUT2D eigenvalue weighted by atomic mass is 9.72. The van der Waals surface area contributed by atoms with E-state index in [1.165, 1.54) is 0 Å².